The average Bonchev–Trinajstić information content (AvgIpc) is 1.68. The molecule has 0 amide bonds. The summed E-state index contributed by atoms with van der Waals surface area (Å²) >= 11 is 0. The van der Waals surface area contributed by atoms with E-state index in [9.17, 15) is 11.0 Å². The van der Waals surface area contributed by atoms with Crippen LogP contribution in [0.3, 0.4) is 0 Å². The topological polar surface area (TPSA) is 11.4 Å². The first kappa shape index (κ1) is 50.0. The Labute approximate surface area is 581 Å². The minimum absolute atomic E-state index is 0.000501. The van der Waals surface area contributed by atoms with E-state index in [1.54, 1.807) is 4.57 Å². The molecule has 2 aliphatic heterocycles. The van der Waals surface area contributed by atoms with E-state index in [0.717, 1.165) is 123 Å². The number of fused-ring (bicyclic) bond motifs is 10. The molecule has 0 bridgehead atoms. The van der Waals surface area contributed by atoms with E-state index in [1.165, 1.54) is 16.7 Å². The minimum atomic E-state index is -0.753. The first-order chi connectivity index (χ1) is 50.7. The van der Waals surface area contributed by atoms with Gasteiger partial charge in [-0.1, -0.05) is 320 Å². The molecule has 3 heterocycles. The van der Waals surface area contributed by atoms with E-state index in [1.807, 2.05) is 12.1 Å². The van der Waals surface area contributed by atoms with Crippen LogP contribution in [0.1, 0.15) is 85.9 Å². The highest BCUT2D eigenvalue weighted by Gasteiger charge is 2.49. The summed E-state index contributed by atoms with van der Waals surface area (Å²) < 4.78 is 78.7. The van der Waals surface area contributed by atoms with E-state index in [4.69, 9.17) is 0 Å². The molecule has 4 heteroatoms. The highest BCUT2D eigenvalue weighted by atomic mass is 15.2. The second-order valence-electron chi connectivity index (χ2n) is 28.1. The van der Waals surface area contributed by atoms with Crippen LogP contribution in [0.5, 0.6) is 0 Å². The monoisotopic (exact) mass is 1250 g/mol. The lowest BCUT2D eigenvalue weighted by Crippen LogP contribution is -2.61. The van der Waals surface area contributed by atoms with Gasteiger partial charge in [0.15, 0.2) is 0 Å². The SMILES string of the molecule is [2H]c1c([2H])c([2H])c2c(c1[2H])c1c([2H])c([2H])c([2H])c([2H])c1n2-c1cc2c3c(c1)N(c1c(-c4ccccc4)cccc1-c1ccccc1)c1ccc(C(C)(C)C)cc1B3c1ccc(-c3cccc4c3C(c3ccccc3)(c3ccccc3)c3ccccc3-4)cc1N2c1ccc(C(C)(C)C)cc1-c1ccccc1. The Kier molecular flexibility index (Phi) is 11.5. The zero-order valence-corrected chi connectivity index (χ0v) is 55.0. The van der Waals surface area contributed by atoms with Crippen LogP contribution in [0, 0.1) is 0 Å². The third kappa shape index (κ3) is 9.03. The number of anilines is 6. The lowest BCUT2D eigenvalue weighted by Gasteiger charge is -2.46. The summed E-state index contributed by atoms with van der Waals surface area (Å²) in [7, 11) is 0. The van der Waals surface area contributed by atoms with Gasteiger partial charge in [0, 0.05) is 50.2 Å². The molecule has 0 saturated carbocycles. The van der Waals surface area contributed by atoms with E-state index < -0.39 is 48.4 Å². The molecule has 1 aromatic heterocycles. The average molecular weight is 1250 g/mol. The van der Waals surface area contributed by atoms with Crippen molar-refractivity contribution in [2.24, 2.45) is 0 Å². The largest absolute Gasteiger partial charge is 0.311 e. The Hall–Kier alpha value is -11.5. The van der Waals surface area contributed by atoms with E-state index in [-0.39, 0.29) is 44.7 Å². The first-order valence-corrected chi connectivity index (χ1v) is 33.6. The number of rotatable bonds is 9. The van der Waals surface area contributed by atoms with Gasteiger partial charge in [0.1, 0.15) is 0 Å². The Bertz CT molecular complexity index is 5930. The van der Waals surface area contributed by atoms with Gasteiger partial charge in [-0.15, -0.1) is 0 Å². The van der Waals surface area contributed by atoms with Gasteiger partial charge in [-0.05, 0) is 148 Å². The molecule has 0 unspecified atom stereocenters. The molecule has 0 saturated heterocycles. The predicted octanol–water partition coefficient (Wildman–Crippen LogP) is 22.5. The Morgan fingerprint density at radius 3 is 1.39 bits per heavy atom. The van der Waals surface area contributed by atoms with Gasteiger partial charge in [-0.3, -0.25) is 0 Å². The molecule has 462 valence electrons. The molecule has 14 aromatic carbocycles. The highest BCUT2D eigenvalue weighted by molar-refractivity contribution is 7.00. The van der Waals surface area contributed by atoms with Crippen LogP contribution in [0.2, 0.25) is 0 Å². The van der Waals surface area contributed by atoms with Crippen molar-refractivity contribution < 1.29 is 11.0 Å². The third-order valence-electron chi connectivity index (χ3n) is 20.6. The predicted molar refractivity (Wildman–Crippen MR) is 411 cm³/mol. The van der Waals surface area contributed by atoms with Crippen LogP contribution in [-0.2, 0) is 16.2 Å². The maximum atomic E-state index is 10.1. The highest BCUT2D eigenvalue weighted by Crippen LogP contribution is 2.60. The molecule has 0 spiro atoms. The lowest BCUT2D eigenvalue weighted by atomic mass is 9.33. The van der Waals surface area contributed by atoms with Crippen LogP contribution in [0.25, 0.3) is 83.1 Å². The number of hydrogen-bond donors (Lipinski definition) is 0. The maximum Gasteiger partial charge on any atom is 0.252 e. The normalized spacial score (nSPS) is 14.6. The van der Waals surface area contributed by atoms with Crippen LogP contribution >= 0.6 is 0 Å². The molecule has 15 aromatic rings. The molecule has 0 radical (unpaired) electrons. The molecule has 3 aliphatic rings. The fourth-order valence-electron chi connectivity index (χ4n) is 16.2. The Morgan fingerprint density at radius 1 is 0.340 bits per heavy atom. The molecule has 97 heavy (non-hydrogen) atoms. The maximum absolute atomic E-state index is 10.1. The van der Waals surface area contributed by atoms with Crippen LogP contribution in [0.4, 0.5) is 34.1 Å². The van der Waals surface area contributed by atoms with Crippen molar-refractivity contribution in [2.75, 3.05) is 9.80 Å². The van der Waals surface area contributed by atoms with Gasteiger partial charge in [0.05, 0.1) is 44.5 Å². The second-order valence-corrected chi connectivity index (χ2v) is 28.1. The number of hydrogen-bond acceptors (Lipinski definition) is 2. The van der Waals surface area contributed by atoms with E-state index in [0.29, 0.717) is 5.69 Å². The van der Waals surface area contributed by atoms with Crippen molar-refractivity contribution in [1.82, 2.24) is 4.57 Å². The molecule has 3 nitrogen and oxygen atoms in total. The summed E-state index contributed by atoms with van der Waals surface area (Å²) in [5.41, 5.74) is 24.6. The van der Waals surface area contributed by atoms with Gasteiger partial charge in [0.2, 0.25) is 0 Å². The summed E-state index contributed by atoms with van der Waals surface area (Å²) in [6.45, 7) is 13.1. The van der Waals surface area contributed by atoms with Crippen molar-refractivity contribution >= 4 is 79.0 Å². The molecular weight excluding hydrogens is 1170 g/mol. The second kappa shape index (κ2) is 22.3. The van der Waals surface area contributed by atoms with Crippen molar-refractivity contribution in [2.45, 2.75) is 57.8 Å². The molecule has 18 rings (SSSR count). The fraction of sp³-hybridized carbons (Fsp3) is 0.0968. The van der Waals surface area contributed by atoms with Crippen molar-refractivity contribution in [3.8, 4) is 61.3 Å². The van der Waals surface area contributed by atoms with Gasteiger partial charge in [-0.25, -0.2) is 0 Å². The minimum Gasteiger partial charge on any atom is -0.311 e. The Morgan fingerprint density at radius 2 is 0.814 bits per heavy atom. The first-order valence-electron chi connectivity index (χ1n) is 37.6. The standard InChI is InChI=1S/C93H72BN3/c1-91(2,3)67-51-54-83(77(57-67)63-34-16-9-17-35-63)96-85-56-64(70-43-28-46-76-73-40-22-25-47-78(73)93(88(70)76,65-36-18-10-19-37-65)66-38-20-11-21-39-66)50-53-79(85)94-80-58-68(92(4,5)6)52-55-84(80)97(90-71(61-30-12-7-13-31-61)44-29-45-72(90)62-32-14-8-15-33-62)87-60-69(59-86(96)89(87)94)95-81-48-26-23-41-74(81)75-42-24-27-49-82(75)95/h7-60H,1-6H3/i23D,24D,26D,27D,41D,42D,48D,49D. The Balaban J connectivity index is 1.05. The van der Waals surface area contributed by atoms with Crippen molar-refractivity contribution in [3.63, 3.8) is 0 Å². The third-order valence-corrected chi connectivity index (χ3v) is 20.6. The number of benzene rings is 14. The molecular formula is C93H72BN3. The summed E-state index contributed by atoms with van der Waals surface area (Å²) in [6, 6.07) is 97.2. The van der Waals surface area contributed by atoms with Gasteiger partial charge >= 0.3 is 0 Å². The van der Waals surface area contributed by atoms with Crippen molar-refractivity contribution in [3.05, 3.63) is 361 Å². The smallest absolute Gasteiger partial charge is 0.252 e. The van der Waals surface area contributed by atoms with Crippen LogP contribution < -0.4 is 26.2 Å². The lowest BCUT2D eigenvalue weighted by molar-refractivity contribution is 0.590. The van der Waals surface area contributed by atoms with E-state index in [2.05, 4.69) is 318 Å². The quantitative estimate of drug-likeness (QED) is 0.133. The summed E-state index contributed by atoms with van der Waals surface area (Å²) in [4.78, 5) is 4.85. The van der Waals surface area contributed by atoms with Crippen molar-refractivity contribution in [1.29, 1.82) is 0 Å². The van der Waals surface area contributed by atoms with Gasteiger partial charge < -0.3 is 14.4 Å². The summed E-state index contributed by atoms with van der Waals surface area (Å²) in [6.07, 6.45) is 0. The van der Waals surface area contributed by atoms with Gasteiger partial charge in [-0.2, -0.15) is 0 Å². The van der Waals surface area contributed by atoms with Crippen LogP contribution in [0.15, 0.2) is 327 Å². The summed E-state index contributed by atoms with van der Waals surface area (Å²) in [5, 5.41) is 0.00100. The van der Waals surface area contributed by atoms with Crippen LogP contribution in [-0.4, -0.2) is 11.3 Å². The number of para-hydroxylation sites is 3. The van der Waals surface area contributed by atoms with E-state index >= 15 is 0 Å². The molecule has 0 fully saturated rings. The molecule has 0 atom stereocenters. The zero-order chi connectivity index (χ0) is 72.3. The molecule has 0 N–H and O–H groups in total. The zero-order valence-electron chi connectivity index (χ0n) is 63.0. The summed E-state index contributed by atoms with van der Waals surface area (Å²) in [5.74, 6) is 0. The number of aromatic nitrogens is 1. The number of nitrogens with zero attached hydrogens (tertiary/aromatic N) is 3. The molecule has 1 aliphatic carbocycles. The van der Waals surface area contributed by atoms with Gasteiger partial charge in [0.25, 0.3) is 6.71 Å². The fourth-order valence-corrected chi connectivity index (χ4v) is 16.2.